The molecule has 1 aromatic carbocycles. The minimum absolute atomic E-state index is 0.360. The van der Waals surface area contributed by atoms with Crippen molar-refractivity contribution in [3.63, 3.8) is 0 Å². The summed E-state index contributed by atoms with van der Waals surface area (Å²) in [5, 5.41) is 3.82. The number of nitrogens with one attached hydrogen (secondary N) is 1. The zero-order valence-corrected chi connectivity index (χ0v) is 13.2. The van der Waals surface area contributed by atoms with Gasteiger partial charge in [-0.15, -0.1) is 0 Å². The maximum absolute atomic E-state index is 5.75. The number of hydrogen-bond acceptors (Lipinski definition) is 2. The zero-order chi connectivity index (χ0) is 14.4. The summed E-state index contributed by atoms with van der Waals surface area (Å²) in [4.78, 5) is 0. The van der Waals surface area contributed by atoms with Gasteiger partial charge in [0.25, 0.3) is 0 Å². The molecule has 0 amide bonds. The van der Waals surface area contributed by atoms with Gasteiger partial charge in [-0.1, -0.05) is 44.4 Å². The Hall–Kier alpha value is -1.02. The van der Waals surface area contributed by atoms with Crippen LogP contribution < -0.4 is 10.1 Å². The quantitative estimate of drug-likeness (QED) is 0.812. The van der Waals surface area contributed by atoms with E-state index < -0.39 is 0 Å². The first-order valence-electron chi connectivity index (χ1n) is 8.22. The van der Waals surface area contributed by atoms with Crippen LogP contribution in [0.15, 0.2) is 24.3 Å². The van der Waals surface area contributed by atoms with Gasteiger partial charge in [0.15, 0.2) is 0 Å². The van der Waals surface area contributed by atoms with Crippen LogP contribution in [0.4, 0.5) is 0 Å². The molecule has 3 atom stereocenters. The molecule has 0 aliphatic heterocycles. The first-order chi connectivity index (χ1) is 9.74. The third-order valence-electron chi connectivity index (χ3n) is 4.53. The highest BCUT2D eigenvalue weighted by atomic mass is 16.5. The van der Waals surface area contributed by atoms with E-state index in [1.807, 2.05) is 6.92 Å². The lowest BCUT2D eigenvalue weighted by Crippen LogP contribution is -2.35. The monoisotopic (exact) mass is 275 g/mol. The van der Waals surface area contributed by atoms with Crippen molar-refractivity contribution in [1.82, 2.24) is 5.32 Å². The number of benzene rings is 1. The largest absolute Gasteiger partial charge is 0.494 e. The number of ether oxygens (including phenoxy) is 1. The Kier molecular flexibility index (Phi) is 5.90. The molecule has 1 saturated carbocycles. The van der Waals surface area contributed by atoms with Crippen molar-refractivity contribution in [2.75, 3.05) is 6.61 Å². The van der Waals surface area contributed by atoms with Crippen LogP contribution in [0, 0.1) is 5.92 Å². The molecule has 0 heterocycles. The van der Waals surface area contributed by atoms with Crippen LogP contribution in [0.5, 0.6) is 5.75 Å². The van der Waals surface area contributed by atoms with Gasteiger partial charge in [0.2, 0.25) is 0 Å². The van der Waals surface area contributed by atoms with E-state index in [9.17, 15) is 0 Å². The lowest BCUT2D eigenvalue weighted by atomic mass is 9.84. The summed E-state index contributed by atoms with van der Waals surface area (Å²) in [5.41, 5.74) is 1.29. The van der Waals surface area contributed by atoms with Gasteiger partial charge in [0.1, 0.15) is 5.75 Å². The minimum atomic E-state index is 0.360. The Morgan fingerprint density at radius 2 is 2.05 bits per heavy atom. The summed E-state index contributed by atoms with van der Waals surface area (Å²) in [6.07, 6.45) is 6.76. The fourth-order valence-corrected chi connectivity index (χ4v) is 3.38. The van der Waals surface area contributed by atoms with E-state index in [1.165, 1.54) is 37.7 Å². The van der Waals surface area contributed by atoms with Crippen LogP contribution in [0.2, 0.25) is 0 Å². The molecule has 0 aromatic heterocycles. The van der Waals surface area contributed by atoms with Crippen molar-refractivity contribution in [3.05, 3.63) is 29.8 Å². The van der Waals surface area contributed by atoms with Crippen LogP contribution >= 0.6 is 0 Å². The van der Waals surface area contributed by atoms with E-state index in [-0.39, 0.29) is 0 Å². The highest BCUT2D eigenvalue weighted by Gasteiger charge is 2.23. The summed E-state index contributed by atoms with van der Waals surface area (Å²) >= 11 is 0. The SMILES string of the molecule is CCOc1ccccc1C(C)NC1CCCC(CC)C1. The molecular formula is C18H29NO. The highest BCUT2D eigenvalue weighted by molar-refractivity contribution is 5.35. The van der Waals surface area contributed by atoms with E-state index in [1.54, 1.807) is 0 Å². The maximum atomic E-state index is 5.75. The Balaban J connectivity index is 1.99. The Labute approximate surface area is 123 Å². The second kappa shape index (κ2) is 7.68. The van der Waals surface area contributed by atoms with Crippen molar-refractivity contribution < 1.29 is 4.74 Å². The molecule has 0 saturated heterocycles. The topological polar surface area (TPSA) is 21.3 Å². The molecule has 3 unspecified atom stereocenters. The smallest absolute Gasteiger partial charge is 0.124 e. The van der Waals surface area contributed by atoms with Crippen LogP contribution in [-0.4, -0.2) is 12.6 Å². The molecule has 112 valence electrons. The van der Waals surface area contributed by atoms with E-state index in [4.69, 9.17) is 4.74 Å². The normalized spacial score (nSPS) is 24.4. The first-order valence-corrected chi connectivity index (χ1v) is 8.22. The highest BCUT2D eigenvalue weighted by Crippen LogP contribution is 2.30. The lowest BCUT2D eigenvalue weighted by Gasteiger charge is -2.32. The molecule has 2 nitrogen and oxygen atoms in total. The second-order valence-corrected chi connectivity index (χ2v) is 6.00. The van der Waals surface area contributed by atoms with Crippen LogP contribution in [-0.2, 0) is 0 Å². The predicted molar refractivity (Wildman–Crippen MR) is 85.2 cm³/mol. The van der Waals surface area contributed by atoms with E-state index >= 15 is 0 Å². The van der Waals surface area contributed by atoms with Crippen LogP contribution in [0.25, 0.3) is 0 Å². The Bertz CT molecular complexity index is 404. The summed E-state index contributed by atoms with van der Waals surface area (Å²) in [5.74, 6) is 1.94. The van der Waals surface area contributed by atoms with Crippen molar-refractivity contribution in [1.29, 1.82) is 0 Å². The minimum Gasteiger partial charge on any atom is -0.494 e. The molecule has 1 N–H and O–H groups in total. The average Bonchev–Trinajstić information content (AvgIpc) is 2.48. The standard InChI is InChI=1S/C18H29NO/c1-4-15-9-8-10-16(13-15)19-14(3)17-11-6-7-12-18(17)20-5-2/h6-7,11-12,14-16,19H,4-5,8-10,13H2,1-3H3. The van der Waals surface area contributed by atoms with Crippen molar-refractivity contribution in [3.8, 4) is 5.75 Å². The number of hydrogen-bond donors (Lipinski definition) is 1. The summed E-state index contributed by atoms with van der Waals surface area (Å²) in [7, 11) is 0. The molecule has 1 aliphatic rings. The Morgan fingerprint density at radius 1 is 1.25 bits per heavy atom. The fourth-order valence-electron chi connectivity index (χ4n) is 3.38. The third-order valence-corrected chi connectivity index (χ3v) is 4.53. The maximum Gasteiger partial charge on any atom is 0.124 e. The molecule has 0 radical (unpaired) electrons. The molecule has 20 heavy (non-hydrogen) atoms. The van der Waals surface area contributed by atoms with Gasteiger partial charge in [0, 0.05) is 17.6 Å². The van der Waals surface area contributed by atoms with Gasteiger partial charge < -0.3 is 10.1 Å². The molecular weight excluding hydrogens is 246 g/mol. The third kappa shape index (κ3) is 3.99. The molecule has 0 spiro atoms. The van der Waals surface area contributed by atoms with Gasteiger partial charge in [-0.25, -0.2) is 0 Å². The van der Waals surface area contributed by atoms with E-state index in [0.717, 1.165) is 18.3 Å². The van der Waals surface area contributed by atoms with Gasteiger partial charge in [-0.3, -0.25) is 0 Å². The van der Waals surface area contributed by atoms with Crippen LogP contribution in [0.3, 0.4) is 0 Å². The molecule has 2 rings (SSSR count). The van der Waals surface area contributed by atoms with Crippen molar-refractivity contribution in [2.24, 2.45) is 5.92 Å². The van der Waals surface area contributed by atoms with E-state index in [0.29, 0.717) is 12.1 Å². The zero-order valence-electron chi connectivity index (χ0n) is 13.2. The van der Waals surface area contributed by atoms with Gasteiger partial charge >= 0.3 is 0 Å². The first kappa shape index (κ1) is 15.4. The number of rotatable bonds is 6. The van der Waals surface area contributed by atoms with Crippen molar-refractivity contribution >= 4 is 0 Å². The number of para-hydroxylation sites is 1. The van der Waals surface area contributed by atoms with Gasteiger partial charge in [-0.2, -0.15) is 0 Å². The summed E-state index contributed by atoms with van der Waals surface area (Å²) in [6, 6.07) is 9.44. The summed E-state index contributed by atoms with van der Waals surface area (Å²) in [6.45, 7) is 7.35. The molecule has 1 aromatic rings. The predicted octanol–water partition coefficient (Wildman–Crippen LogP) is 4.70. The van der Waals surface area contributed by atoms with Gasteiger partial charge in [-0.05, 0) is 38.7 Å². The summed E-state index contributed by atoms with van der Waals surface area (Å²) < 4.78 is 5.75. The molecule has 1 fully saturated rings. The van der Waals surface area contributed by atoms with Gasteiger partial charge in [0.05, 0.1) is 6.61 Å². The second-order valence-electron chi connectivity index (χ2n) is 6.00. The lowest BCUT2D eigenvalue weighted by molar-refractivity contribution is 0.263. The molecule has 0 bridgehead atoms. The molecule has 2 heteroatoms. The molecule has 1 aliphatic carbocycles. The van der Waals surface area contributed by atoms with Crippen molar-refractivity contribution in [2.45, 2.75) is 65.0 Å². The van der Waals surface area contributed by atoms with Crippen LogP contribution in [0.1, 0.15) is 64.5 Å². The Morgan fingerprint density at radius 3 is 2.80 bits per heavy atom. The average molecular weight is 275 g/mol. The van der Waals surface area contributed by atoms with E-state index in [2.05, 4.69) is 43.4 Å². The fraction of sp³-hybridized carbons (Fsp3) is 0.667.